The Bertz CT molecular complexity index is 1360. The van der Waals surface area contributed by atoms with Crippen molar-refractivity contribution >= 4 is 11.6 Å². The molecule has 13 heteroatoms. The lowest BCUT2D eigenvalue weighted by molar-refractivity contribution is -0.147. The van der Waals surface area contributed by atoms with E-state index in [4.69, 9.17) is 14.2 Å². The number of nitrogens with zero attached hydrogens (tertiary/aromatic N) is 3. The highest BCUT2D eigenvalue weighted by molar-refractivity contribution is 6.01. The number of carbonyl (C=O) groups excluding carboxylic acids is 1. The van der Waals surface area contributed by atoms with Crippen molar-refractivity contribution in [2.45, 2.75) is 50.4 Å². The topological polar surface area (TPSA) is 97.6 Å². The zero-order valence-electron chi connectivity index (χ0n) is 21.8. The Morgan fingerprint density at radius 2 is 2.02 bits per heavy atom. The predicted molar refractivity (Wildman–Crippen MR) is 136 cm³/mol. The maximum Gasteiger partial charge on any atom is 0.387 e. The molecule has 2 fully saturated rings. The molecular formula is C27H30F4N4O5. The van der Waals surface area contributed by atoms with E-state index < -0.39 is 24.5 Å². The van der Waals surface area contributed by atoms with Crippen LogP contribution in [0.5, 0.6) is 17.2 Å². The van der Waals surface area contributed by atoms with Gasteiger partial charge in [0.25, 0.3) is 11.8 Å². The number of aromatic nitrogens is 2. The smallest absolute Gasteiger partial charge is 0.387 e. The Morgan fingerprint density at radius 1 is 1.25 bits per heavy atom. The van der Waals surface area contributed by atoms with E-state index in [9.17, 15) is 27.5 Å². The van der Waals surface area contributed by atoms with Crippen LogP contribution in [0.4, 0.5) is 17.6 Å². The molecule has 216 valence electrons. The molecule has 3 aromatic rings. The first kappa shape index (κ1) is 28.0. The first-order valence-electron chi connectivity index (χ1n) is 13.0. The number of ether oxygens (including phenoxy) is 3. The number of imidazole rings is 1. The van der Waals surface area contributed by atoms with Gasteiger partial charge in [-0.2, -0.15) is 8.78 Å². The second-order valence-corrected chi connectivity index (χ2v) is 9.94. The number of aliphatic hydroxyl groups excluding tert-OH is 1. The molecular weight excluding hydrogens is 536 g/mol. The Labute approximate surface area is 227 Å². The van der Waals surface area contributed by atoms with Crippen LogP contribution in [0.15, 0.2) is 36.7 Å². The minimum absolute atomic E-state index is 0.0113. The van der Waals surface area contributed by atoms with Gasteiger partial charge in [0.2, 0.25) is 0 Å². The molecule has 1 atom stereocenters. The number of hydrogen-bond acceptors (Lipinski definition) is 7. The zero-order chi connectivity index (χ0) is 28.4. The van der Waals surface area contributed by atoms with Gasteiger partial charge in [0, 0.05) is 49.9 Å². The number of likely N-dealkylation sites (tertiary alicyclic amines) is 1. The van der Waals surface area contributed by atoms with E-state index in [1.165, 1.54) is 13.2 Å². The molecule has 2 aromatic heterocycles. The average Bonchev–Trinajstić information content (AvgIpc) is 3.62. The summed E-state index contributed by atoms with van der Waals surface area (Å²) in [5.74, 6) is -3.26. The number of halogens is 4. The number of aliphatic hydroxyl groups is 1. The van der Waals surface area contributed by atoms with E-state index in [0.29, 0.717) is 42.2 Å². The molecule has 5 rings (SSSR count). The van der Waals surface area contributed by atoms with E-state index in [1.54, 1.807) is 39.9 Å². The van der Waals surface area contributed by atoms with Crippen molar-refractivity contribution in [2.24, 2.45) is 0 Å². The normalized spacial score (nSPS) is 19.1. The second-order valence-electron chi connectivity index (χ2n) is 9.94. The number of fused-ring (bicyclic) bond motifs is 1. The van der Waals surface area contributed by atoms with Crippen LogP contribution in [0, 0.1) is 0 Å². The average molecular weight is 567 g/mol. The first-order chi connectivity index (χ1) is 19.1. The van der Waals surface area contributed by atoms with Crippen molar-refractivity contribution in [3.8, 4) is 28.5 Å². The van der Waals surface area contributed by atoms with Crippen molar-refractivity contribution in [1.29, 1.82) is 0 Å². The molecule has 1 unspecified atom stereocenters. The van der Waals surface area contributed by atoms with Gasteiger partial charge in [0.1, 0.15) is 34.6 Å². The number of piperidine rings is 1. The van der Waals surface area contributed by atoms with Gasteiger partial charge < -0.3 is 29.5 Å². The highest BCUT2D eigenvalue weighted by Gasteiger charge is 2.42. The SMILES string of the molecule is COc1cc(-c2cnc3cc(OCCCN4CCC(F)(F)C(O)C4)ccn23)cc(OC(F)F)c1C(=O)NC1CC1. The fourth-order valence-corrected chi connectivity index (χ4v) is 4.69. The van der Waals surface area contributed by atoms with Gasteiger partial charge in [0.05, 0.1) is 25.6 Å². The third-order valence-corrected chi connectivity index (χ3v) is 6.99. The summed E-state index contributed by atoms with van der Waals surface area (Å²) in [6.07, 6.45) is 3.48. The minimum atomic E-state index is -3.14. The van der Waals surface area contributed by atoms with Crippen molar-refractivity contribution in [3.63, 3.8) is 0 Å². The number of nitrogens with one attached hydrogen (secondary N) is 1. The minimum Gasteiger partial charge on any atom is -0.496 e. The molecule has 1 saturated carbocycles. The molecule has 3 heterocycles. The molecule has 40 heavy (non-hydrogen) atoms. The number of rotatable bonds is 11. The summed E-state index contributed by atoms with van der Waals surface area (Å²) in [6.45, 7) is -2.15. The Kier molecular flexibility index (Phi) is 8.04. The number of β-amino-alcohol motifs (C(OH)–C–C–N with tert-alkyl or cyclic N) is 1. The standard InChI is InChI=1S/C27H30F4N4O5/c1-38-20-11-16(12-21(40-26(28)29)24(20)25(37)33-17-3-4-17)19-14-32-23-13-18(5-8-35(19)23)39-10-2-7-34-9-6-27(30,31)22(36)15-34/h5,8,11-14,17,22,26,36H,2-4,6-7,9-10,15H2,1H3,(H,33,37). The summed E-state index contributed by atoms with van der Waals surface area (Å²) in [5.41, 5.74) is 1.43. The van der Waals surface area contributed by atoms with Gasteiger partial charge >= 0.3 is 6.61 Å². The van der Waals surface area contributed by atoms with Crippen LogP contribution < -0.4 is 19.5 Å². The number of amides is 1. The van der Waals surface area contributed by atoms with Gasteiger partial charge in [-0.3, -0.25) is 9.20 Å². The highest BCUT2D eigenvalue weighted by Crippen LogP contribution is 2.37. The molecule has 1 aliphatic heterocycles. The summed E-state index contributed by atoms with van der Waals surface area (Å²) in [5, 5.41) is 12.4. The molecule has 1 aromatic carbocycles. The maximum atomic E-state index is 13.5. The monoisotopic (exact) mass is 566 g/mol. The lowest BCUT2D eigenvalue weighted by Crippen LogP contribution is -2.50. The Hall–Kier alpha value is -3.58. The number of hydrogen-bond donors (Lipinski definition) is 2. The summed E-state index contributed by atoms with van der Waals surface area (Å²) >= 11 is 0. The Balaban J connectivity index is 1.29. The summed E-state index contributed by atoms with van der Waals surface area (Å²) in [6, 6.07) is 6.37. The molecule has 9 nitrogen and oxygen atoms in total. The van der Waals surface area contributed by atoms with Crippen molar-refractivity contribution in [3.05, 3.63) is 42.2 Å². The number of methoxy groups -OCH3 is 1. The van der Waals surface area contributed by atoms with Crippen LogP contribution in [0.1, 0.15) is 36.0 Å². The second kappa shape index (κ2) is 11.5. The van der Waals surface area contributed by atoms with Crippen LogP contribution >= 0.6 is 0 Å². The molecule has 0 spiro atoms. The predicted octanol–water partition coefficient (Wildman–Crippen LogP) is 3.97. The van der Waals surface area contributed by atoms with E-state index in [-0.39, 0.29) is 42.6 Å². The summed E-state index contributed by atoms with van der Waals surface area (Å²) in [4.78, 5) is 19.0. The van der Waals surface area contributed by atoms with Crippen molar-refractivity contribution in [2.75, 3.05) is 33.4 Å². The Morgan fingerprint density at radius 3 is 2.73 bits per heavy atom. The van der Waals surface area contributed by atoms with Crippen LogP contribution in [-0.2, 0) is 0 Å². The van der Waals surface area contributed by atoms with Gasteiger partial charge in [-0.1, -0.05) is 0 Å². The lowest BCUT2D eigenvalue weighted by atomic mass is 10.0. The molecule has 2 N–H and O–H groups in total. The lowest BCUT2D eigenvalue weighted by Gasteiger charge is -2.35. The first-order valence-corrected chi connectivity index (χ1v) is 13.0. The van der Waals surface area contributed by atoms with Crippen LogP contribution in [0.25, 0.3) is 16.9 Å². The maximum absolute atomic E-state index is 13.5. The molecule has 1 saturated heterocycles. The molecule has 0 radical (unpaired) electrons. The third-order valence-electron chi connectivity index (χ3n) is 6.99. The quantitative estimate of drug-likeness (QED) is 0.268. The van der Waals surface area contributed by atoms with E-state index in [0.717, 1.165) is 12.8 Å². The van der Waals surface area contributed by atoms with Crippen LogP contribution in [-0.4, -0.2) is 83.3 Å². The van der Waals surface area contributed by atoms with E-state index in [2.05, 4.69) is 10.3 Å². The van der Waals surface area contributed by atoms with Crippen molar-refractivity contribution in [1.82, 2.24) is 19.6 Å². The number of carbonyl (C=O) groups is 1. The van der Waals surface area contributed by atoms with Gasteiger partial charge in [0.15, 0.2) is 0 Å². The van der Waals surface area contributed by atoms with Crippen LogP contribution in [0.3, 0.4) is 0 Å². The van der Waals surface area contributed by atoms with E-state index >= 15 is 0 Å². The largest absolute Gasteiger partial charge is 0.496 e. The van der Waals surface area contributed by atoms with E-state index in [1.807, 2.05) is 0 Å². The number of benzene rings is 1. The highest BCUT2D eigenvalue weighted by atomic mass is 19.3. The van der Waals surface area contributed by atoms with Crippen LogP contribution in [0.2, 0.25) is 0 Å². The fourth-order valence-electron chi connectivity index (χ4n) is 4.69. The van der Waals surface area contributed by atoms with Gasteiger partial charge in [-0.25, -0.2) is 13.8 Å². The third kappa shape index (κ3) is 6.25. The number of alkyl halides is 4. The molecule has 2 aliphatic rings. The summed E-state index contributed by atoms with van der Waals surface area (Å²) in [7, 11) is 1.35. The zero-order valence-corrected chi connectivity index (χ0v) is 21.8. The fraction of sp³-hybridized carbons (Fsp3) is 0.481. The van der Waals surface area contributed by atoms with Gasteiger partial charge in [-0.15, -0.1) is 0 Å². The molecule has 1 aliphatic carbocycles. The summed E-state index contributed by atoms with van der Waals surface area (Å²) < 4.78 is 71.1. The number of pyridine rings is 1. The molecule has 1 amide bonds. The van der Waals surface area contributed by atoms with Crippen molar-refractivity contribution < 1.29 is 41.7 Å². The molecule has 0 bridgehead atoms. The van der Waals surface area contributed by atoms with Gasteiger partial charge in [-0.05, 0) is 37.5 Å².